The van der Waals surface area contributed by atoms with Crippen LogP contribution in [0, 0.1) is 0 Å². The fourth-order valence-corrected chi connectivity index (χ4v) is 1.41. The molecule has 0 fully saturated rings. The van der Waals surface area contributed by atoms with Crippen molar-refractivity contribution >= 4 is 0 Å². The van der Waals surface area contributed by atoms with Crippen molar-refractivity contribution in [3.05, 3.63) is 12.2 Å². The molecule has 1 heteroatoms. The molecule has 1 aliphatic rings. The lowest BCUT2D eigenvalue weighted by Crippen LogP contribution is -2.30. The molecular weight excluding hydrogens is 124 g/mol. The third-order valence-corrected chi connectivity index (χ3v) is 2.02. The molecule has 0 saturated carbocycles. The summed E-state index contributed by atoms with van der Waals surface area (Å²) in [5.74, 6) is 0. The molecule has 0 aromatic carbocycles. The van der Waals surface area contributed by atoms with Gasteiger partial charge in [-0.25, -0.2) is 0 Å². The molecule has 1 heterocycles. The minimum Gasteiger partial charge on any atom is -0.371 e. The first-order chi connectivity index (χ1) is 4.77. The predicted octanol–water partition coefficient (Wildman–Crippen LogP) is 2.52. The topological polar surface area (TPSA) is 9.23 Å². The first-order valence-corrected chi connectivity index (χ1v) is 4.06. The Kier molecular flexibility index (Phi) is 2.50. The first kappa shape index (κ1) is 7.80. The van der Waals surface area contributed by atoms with Crippen LogP contribution in [-0.2, 0) is 4.74 Å². The highest BCUT2D eigenvalue weighted by atomic mass is 16.5. The quantitative estimate of drug-likeness (QED) is 0.535. The van der Waals surface area contributed by atoms with Crippen LogP contribution >= 0.6 is 0 Å². The Bertz CT molecular complexity index is 129. The van der Waals surface area contributed by atoms with E-state index < -0.39 is 0 Å². The third kappa shape index (κ3) is 1.84. The molecule has 1 aliphatic heterocycles. The highest BCUT2D eigenvalue weighted by Crippen LogP contribution is 2.24. The number of hydrogen-bond acceptors (Lipinski definition) is 1. The molecule has 0 amide bonds. The zero-order valence-corrected chi connectivity index (χ0v) is 6.89. The molecule has 0 bridgehead atoms. The molecule has 0 N–H and O–H groups in total. The summed E-state index contributed by atoms with van der Waals surface area (Å²) in [7, 11) is 0. The fourth-order valence-electron chi connectivity index (χ4n) is 1.41. The smallest absolute Gasteiger partial charge is 0.0693 e. The maximum atomic E-state index is 5.62. The minimum absolute atomic E-state index is 0.142. The van der Waals surface area contributed by atoms with Gasteiger partial charge in [-0.15, -0.1) is 0 Å². The van der Waals surface area contributed by atoms with Crippen molar-refractivity contribution in [2.75, 3.05) is 6.61 Å². The zero-order chi connectivity index (χ0) is 7.45. The Balaban J connectivity index is 2.43. The van der Waals surface area contributed by atoms with Crippen LogP contribution in [0.3, 0.4) is 0 Å². The molecule has 1 nitrogen and oxygen atoms in total. The Morgan fingerprint density at radius 3 is 2.80 bits per heavy atom. The second kappa shape index (κ2) is 3.20. The van der Waals surface area contributed by atoms with Crippen molar-refractivity contribution in [3.8, 4) is 0 Å². The first-order valence-electron chi connectivity index (χ1n) is 4.06. The molecular formula is C9H16O. The van der Waals surface area contributed by atoms with Crippen LogP contribution in [-0.4, -0.2) is 12.2 Å². The van der Waals surface area contributed by atoms with Gasteiger partial charge in [-0.1, -0.05) is 25.5 Å². The maximum Gasteiger partial charge on any atom is 0.0693 e. The average Bonchev–Trinajstić information content (AvgIpc) is 1.89. The van der Waals surface area contributed by atoms with Crippen LogP contribution in [0.15, 0.2) is 12.2 Å². The van der Waals surface area contributed by atoms with Crippen molar-refractivity contribution in [1.29, 1.82) is 0 Å². The van der Waals surface area contributed by atoms with Crippen molar-refractivity contribution in [1.82, 2.24) is 0 Å². The van der Waals surface area contributed by atoms with E-state index in [-0.39, 0.29) is 5.60 Å². The highest BCUT2D eigenvalue weighted by Gasteiger charge is 2.23. The van der Waals surface area contributed by atoms with Crippen LogP contribution in [0.5, 0.6) is 0 Å². The fraction of sp³-hybridized carbons (Fsp3) is 0.778. The standard InChI is InChI=1S/C9H16O/c1-3-6-9(2)7-4-5-8-10-9/h4-5H,3,6-8H2,1-2H3. The third-order valence-electron chi connectivity index (χ3n) is 2.02. The van der Waals surface area contributed by atoms with E-state index in [1.54, 1.807) is 0 Å². The monoisotopic (exact) mass is 140 g/mol. The average molecular weight is 140 g/mol. The molecule has 10 heavy (non-hydrogen) atoms. The molecule has 0 aromatic heterocycles. The van der Waals surface area contributed by atoms with Crippen molar-refractivity contribution in [3.63, 3.8) is 0 Å². The number of hydrogen-bond donors (Lipinski definition) is 0. The van der Waals surface area contributed by atoms with Gasteiger partial charge in [0.2, 0.25) is 0 Å². The largest absolute Gasteiger partial charge is 0.371 e. The Labute approximate surface area is 63.1 Å². The summed E-state index contributed by atoms with van der Waals surface area (Å²) in [4.78, 5) is 0. The summed E-state index contributed by atoms with van der Waals surface area (Å²) in [6, 6.07) is 0. The lowest BCUT2D eigenvalue weighted by atomic mass is 9.95. The van der Waals surface area contributed by atoms with E-state index >= 15 is 0 Å². The van der Waals surface area contributed by atoms with Crippen LogP contribution in [0.2, 0.25) is 0 Å². The van der Waals surface area contributed by atoms with Gasteiger partial charge in [0, 0.05) is 0 Å². The van der Waals surface area contributed by atoms with Gasteiger partial charge in [0.25, 0.3) is 0 Å². The summed E-state index contributed by atoms with van der Waals surface area (Å²) < 4.78 is 5.62. The van der Waals surface area contributed by atoms with Gasteiger partial charge in [-0.05, 0) is 19.8 Å². The van der Waals surface area contributed by atoms with Gasteiger partial charge >= 0.3 is 0 Å². The summed E-state index contributed by atoms with van der Waals surface area (Å²) in [6.07, 6.45) is 7.79. The maximum absolute atomic E-state index is 5.62. The molecule has 0 saturated heterocycles. The summed E-state index contributed by atoms with van der Waals surface area (Å²) >= 11 is 0. The summed E-state index contributed by atoms with van der Waals surface area (Å²) in [5, 5.41) is 0. The predicted molar refractivity (Wildman–Crippen MR) is 43.0 cm³/mol. The van der Waals surface area contributed by atoms with Crippen molar-refractivity contribution in [2.24, 2.45) is 0 Å². The van der Waals surface area contributed by atoms with E-state index in [9.17, 15) is 0 Å². The molecule has 1 rings (SSSR count). The van der Waals surface area contributed by atoms with Crippen molar-refractivity contribution < 1.29 is 4.74 Å². The van der Waals surface area contributed by atoms with Gasteiger partial charge in [-0.2, -0.15) is 0 Å². The van der Waals surface area contributed by atoms with Crippen LogP contribution in [0.25, 0.3) is 0 Å². The Morgan fingerprint density at radius 1 is 1.50 bits per heavy atom. The molecule has 58 valence electrons. The zero-order valence-electron chi connectivity index (χ0n) is 6.89. The van der Waals surface area contributed by atoms with Gasteiger partial charge in [-0.3, -0.25) is 0 Å². The lowest BCUT2D eigenvalue weighted by molar-refractivity contribution is -0.0281. The van der Waals surface area contributed by atoms with Gasteiger partial charge in [0.1, 0.15) is 0 Å². The van der Waals surface area contributed by atoms with E-state index in [1.165, 1.54) is 12.8 Å². The second-order valence-electron chi connectivity index (χ2n) is 3.19. The van der Waals surface area contributed by atoms with E-state index in [0.29, 0.717) is 0 Å². The van der Waals surface area contributed by atoms with E-state index in [0.717, 1.165) is 13.0 Å². The molecule has 0 spiro atoms. The number of rotatable bonds is 2. The van der Waals surface area contributed by atoms with E-state index in [4.69, 9.17) is 4.74 Å². The van der Waals surface area contributed by atoms with Crippen LogP contribution < -0.4 is 0 Å². The van der Waals surface area contributed by atoms with Crippen LogP contribution in [0.4, 0.5) is 0 Å². The highest BCUT2D eigenvalue weighted by molar-refractivity contribution is 4.95. The SMILES string of the molecule is CCCC1(C)CC=CCO1. The number of ether oxygens (including phenoxy) is 1. The summed E-state index contributed by atoms with van der Waals surface area (Å²) in [5.41, 5.74) is 0.142. The van der Waals surface area contributed by atoms with Gasteiger partial charge < -0.3 is 4.74 Å². The molecule has 0 aliphatic carbocycles. The summed E-state index contributed by atoms with van der Waals surface area (Å²) in [6.45, 7) is 5.20. The molecule has 1 unspecified atom stereocenters. The normalized spacial score (nSPS) is 32.6. The van der Waals surface area contributed by atoms with Crippen molar-refractivity contribution in [2.45, 2.75) is 38.7 Å². The second-order valence-corrected chi connectivity index (χ2v) is 3.19. The Hall–Kier alpha value is -0.300. The molecule has 1 atom stereocenters. The van der Waals surface area contributed by atoms with E-state index in [2.05, 4.69) is 26.0 Å². The van der Waals surface area contributed by atoms with Gasteiger partial charge in [0.05, 0.1) is 12.2 Å². The Morgan fingerprint density at radius 2 is 2.30 bits per heavy atom. The molecule has 0 radical (unpaired) electrons. The van der Waals surface area contributed by atoms with Crippen LogP contribution in [0.1, 0.15) is 33.1 Å². The van der Waals surface area contributed by atoms with E-state index in [1.807, 2.05) is 0 Å². The molecule has 0 aromatic rings. The van der Waals surface area contributed by atoms with Gasteiger partial charge in [0.15, 0.2) is 0 Å². The lowest BCUT2D eigenvalue weighted by Gasteiger charge is -2.30. The minimum atomic E-state index is 0.142.